The average Bonchev–Trinajstić information content (AvgIpc) is 3.15. The van der Waals surface area contributed by atoms with Crippen LogP contribution in [0, 0.1) is 11.7 Å². The van der Waals surface area contributed by atoms with Gasteiger partial charge in [0.05, 0.1) is 13.7 Å². The van der Waals surface area contributed by atoms with E-state index in [1.165, 1.54) is 17.2 Å². The zero-order valence-electron chi connectivity index (χ0n) is 17.1. The highest BCUT2D eigenvalue weighted by molar-refractivity contribution is 5.83. The summed E-state index contributed by atoms with van der Waals surface area (Å²) in [6, 6.07) is 11.3. The van der Waals surface area contributed by atoms with Gasteiger partial charge in [-0.1, -0.05) is 13.0 Å². The summed E-state index contributed by atoms with van der Waals surface area (Å²) >= 11 is 0. The van der Waals surface area contributed by atoms with Gasteiger partial charge >= 0.3 is 0 Å². The highest BCUT2D eigenvalue weighted by Crippen LogP contribution is 2.35. The zero-order chi connectivity index (χ0) is 20.2. The van der Waals surface area contributed by atoms with E-state index in [-0.39, 0.29) is 5.82 Å². The number of aromatic nitrogens is 1. The van der Waals surface area contributed by atoms with Gasteiger partial charge in [0.1, 0.15) is 17.3 Å². The maximum absolute atomic E-state index is 13.6. The molecule has 0 aliphatic carbocycles. The summed E-state index contributed by atoms with van der Waals surface area (Å²) in [6.45, 7) is 3.88. The average molecular weight is 397 g/mol. The molecule has 1 unspecified atom stereocenters. The van der Waals surface area contributed by atoms with E-state index in [1.54, 1.807) is 19.2 Å². The number of halogens is 1. The Balaban J connectivity index is 1.33. The van der Waals surface area contributed by atoms with Gasteiger partial charge < -0.3 is 19.8 Å². The molecular formula is C24H29FN2O2. The number of nitrogens with one attached hydrogen (secondary N) is 2. The van der Waals surface area contributed by atoms with E-state index >= 15 is 0 Å². The molecular weight excluding hydrogens is 367 g/mol. The van der Waals surface area contributed by atoms with Gasteiger partial charge in [-0.15, -0.1) is 0 Å². The van der Waals surface area contributed by atoms with Crippen molar-refractivity contribution in [2.45, 2.75) is 38.6 Å². The third-order valence-electron chi connectivity index (χ3n) is 6.00. The van der Waals surface area contributed by atoms with Crippen molar-refractivity contribution in [1.82, 2.24) is 10.3 Å². The van der Waals surface area contributed by atoms with Gasteiger partial charge in [-0.25, -0.2) is 4.39 Å². The minimum absolute atomic E-state index is 0.185. The Bertz CT molecular complexity index is 954. The van der Waals surface area contributed by atoms with Crippen LogP contribution in [-0.4, -0.2) is 31.3 Å². The van der Waals surface area contributed by atoms with E-state index < -0.39 is 0 Å². The van der Waals surface area contributed by atoms with E-state index in [0.29, 0.717) is 12.0 Å². The molecule has 154 valence electrons. The number of hydrogen-bond donors (Lipinski definition) is 2. The molecule has 0 amide bonds. The Morgan fingerprint density at radius 1 is 1.31 bits per heavy atom. The van der Waals surface area contributed by atoms with Crippen LogP contribution >= 0.6 is 0 Å². The van der Waals surface area contributed by atoms with E-state index in [2.05, 4.69) is 17.2 Å². The Labute approximate surface area is 171 Å². The lowest BCUT2D eigenvalue weighted by Crippen LogP contribution is -2.41. The van der Waals surface area contributed by atoms with E-state index in [0.717, 1.165) is 61.2 Å². The lowest BCUT2D eigenvalue weighted by molar-refractivity contribution is 0.178. The molecule has 1 aliphatic rings. The number of aromatic amines is 1. The fraction of sp³-hybridized carbons (Fsp3) is 0.417. The number of ether oxygens (including phenoxy) is 2. The quantitative estimate of drug-likeness (QED) is 0.534. The molecule has 4 nitrogen and oxygen atoms in total. The molecule has 1 aromatic heterocycles. The summed E-state index contributed by atoms with van der Waals surface area (Å²) < 4.78 is 25.1. The van der Waals surface area contributed by atoms with Crippen LogP contribution in [0.3, 0.4) is 0 Å². The molecule has 0 spiro atoms. The van der Waals surface area contributed by atoms with E-state index in [1.807, 2.05) is 24.4 Å². The Morgan fingerprint density at radius 2 is 2.21 bits per heavy atom. The summed E-state index contributed by atoms with van der Waals surface area (Å²) in [5.41, 5.74) is 3.34. The first-order valence-corrected chi connectivity index (χ1v) is 10.5. The standard InChI is InChI=1S/C24H29FN2O2/c1-3-21(17-12-20-23(28-2)7-4-8-24(20)29-15-17)26-11-5-6-16-14-27-22-10-9-18(25)13-19(16)22/h4,7-10,13-14,17,21,26-27H,3,5-6,11-12,15H2,1-2H3/t17-,21?/m1/s1. The molecule has 0 saturated heterocycles. The molecule has 0 radical (unpaired) electrons. The molecule has 2 heterocycles. The van der Waals surface area contributed by atoms with Crippen LogP contribution in [0.5, 0.6) is 11.5 Å². The number of rotatable bonds is 8. The third kappa shape index (κ3) is 4.25. The van der Waals surface area contributed by atoms with Crippen LogP contribution in [0.25, 0.3) is 10.9 Å². The fourth-order valence-corrected chi connectivity index (χ4v) is 4.42. The second kappa shape index (κ2) is 8.87. The second-order valence-electron chi connectivity index (χ2n) is 7.79. The van der Waals surface area contributed by atoms with Gasteiger partial charge in [0.25, 0.3) is 0 Å². The number of benzene rings is 2. The van der Waals surface area contributed by atoms with Crippen molar-refractivity contribution < 1.29 is 13.9 Å². The first-order valence-electron chi connectivity index (χ1n) is 10.5. The molecule has 5 heteroatoms. The predicted octanol–water partition coefficient (Wildman–Crippen LogP) is 4.87. The fourth-order valence-electron chi connectivity index (χ4n) is 4.42. The maximum atomic E-state index is 13.6. The number of aryl methyl sites for hydroxylation is 1. The Hall–Kier alpha value is -2.53. The first-order chi connectivity index (χ1) is 14.2. The van der Waals surface area contributed by atoms with Crippen molar-refractivity contribution in [3.05, 3.63) is 59.5 Å². The summed E-state index contributed by atoms with van der Waals surface area (Å²) in [4.78, 5) is 3.23. The minimum atomic E-state index is -0.185. The van der Waals surface area contributed by atoms with Crippen LogP contribution in [0.2, 0.25) is 0 Å². The SMILES string of the molecule is CCC(NCCCc1c[nH]c2ccc(F)cc12)[C@H]1COc2cccc(OC)c2C1. The highest BCUT2D eigenvalue weighted by Gasteiger charge is 2.28. The summed E-state index contributed by atoms with van der Waals surface area (Å²) in [5.74, 6) is 2.09. The lowest BCUT2D eigenvalue weighted by Gasteiger charge is -2.32. The van der Waals surface area contributed by atoms with Gasteiger partial charge in [0.15, 0.2) is 0 Å². The Kier molecular flexibility index (Phi) is 6.05. The third-order valence-corrected chi connectivity index (χ3v) is 6.00. The van der Waals surface area contributed by atoms with Crippen LogP contribution in [-0.2, 0) is 12.8 Å². The number of H-pyrrole nitrogens is 1. The van der Waals surface area contributed by atoms with Gasteiger partial charge in [-0.3, -0.25) is 0 Å². The summed E-state index contributed by atoms with van der Waals surface area (Å²) in [5, 5.41) is 4.71. The van der Waals surface area contributed by atoms with Crippen LogP contribution in [0.4, 0.5) is 4.39 Å². The highest BCUT2D eigenvalue weighted by atomic mass is 19.1. The number of hydrogen-bond acceptors (Lipinski definition) is 3. The van der Waals surface area contributed by atoms with E-state index in [9.17, 15) is 4.39 Å². The Morgan fingerprint density at radius 3 is 3.03 bits per heavy atom. The second-order valence-corrected chi connectivity index (χ2v) is 7.79. The minimum Gasteiger partial charge on any atom is -0.496 e. The number of fused-ring (bicyclic) bond motifs is 2. The summed E-state index contributed by atoms with van der Waals surface area (Å²) in [7, 11) is 1.71. The molecule has 4 rings (SSSR count). The van der Waals surface area contributed by atoms with Gasteiger partial charge in [0.2, 0.25) is 0 Å². The molecule has 0 bridgehead atoms. The largest absolute Gasteiger partial charge is 0.496 e. The van der Waals surface area contributed by atoms with Crippen molar-refractivity contribution in [2.24, 2.45) is 5.92 Å². The first kappa shape index (κ1) is 19.8. The number of methoxy groups -OCH3 is 1. The summed E-state index contributed by atoms with van der Waals surface area (Å²) in [6.07, 6.45) is 5.95. The molecule has 0 saturated carbocycles. The monoisotopic (exact) mass is 396 g/mol. The predicted molar refractivity (Wildman–Crippen MR) is 114 cm³/mol. The normalized spacial score (nSPS) is 17.0. The molecule has 1 aliphatic heterocycles. The van der Waals surface area contributed by atoms with Crippen LogP contribution in [0.1, 0.15) is 30.9 Å². The van der Waals surface area contributed by atoms with Crippen LogP contribution < -0.4 is 14.8 Å². The van der Waals surface area contributed by atoms with Crippen molar-refractivity contribution >= 4 is 10.9 Å². The maximum Gasteiger partial charge on any atom is 0.126 e. The van der Waals surface area contributed by atoms with Gasteiger partial charge in [0, 0.05) is 34.6 Å². The van der Waals surface area contributed by atoms with E-state index in [4.69, 9.17) is 9.47 Å². The molecule has 2 atom stereocenters. The lowest BCUT2D eigenvalue weighted by atomic mass is 9.88. The van der Waals surface area contributed by atoms with Gasteiger partial charge in [-0.2, -0.15) is 0 Å². The molecule has 0 fully saturated rings. The van der Waals surface area contributed by atoms with Crippen LogP contribution in [0.15, 0.2) is 42.6 Å². The van der Waals surface area contributed by atoms with Crippen molar-refractivity contribution in [1.29, 1.82) is 0 Å². The van der Waals surface area contributed by atoms with Crippen molar-refractivity contribution in [2.75, 3.05) is 20.3 Å². The van der Waals surface area contributed by atoms with Gasteiger partial charge in [-0.05, 0) is 68.1 Å². The van der Waals surface area contributed by atoms with Crippen molar-refractivity contribution in [3.63, 3.8) is 0 Å². The smallest absolute Gasteiger partial charge is 0.126 e. The molecule has 2 aromatic carbocycles. The molecule has 29 heavy (non-hydrogen) atoms. The van der Waals surface area contributed by atoms with Crippen molar-refractivity contribution in [3.8, 4) is 11.5 Å². The topological polar surface area (TPSA) is 46.3 Å². The molecule has 2 N–H and O–H groups in total. The molecule has 3 aromatic rings. The zero-order valence-corrected chi connectivity index (χ0v) is 17.1.